The molecule has 0 atom stereocenters. The van der Waals surface area contributed by atoms with Crippen LogP contribution in [-0.2, 0) is 9.59 Å². The second kappa shape index (κ2) is 7.32. The van der Waals surface area contributed by atoms with Crippen LogP contribution in [0.1, 0.15) is 13.3 Å². The van der Waals surface area contributed by atoms with Crippen LogP contribution in [-0.4, -0.2) is 50.4 Å². The lowest BCUT2D eigenvalue weighted by molar-refractivity contribution is -0.130. The molecule has 5 heteroatoms. The summed E-state index contributed by atoms with van der Waals surface area (Å²) in [6.07, 6.45) is 0.990. The average molecular weight is 201 g/mol. The molecule has 0 aromatic heterocycles. The van der Waals surface area contributed by atoms with E-state index in [4.69, 9.17) is 0 Å². The van der Waals surface area contributed by atoms with Crippen molar-refractivity contribution in [3.05, 3.63) is 0 Å². The van der Waals surface area contributed by atoms with Gasteiger partial charge in [0.25, 0.3) is 0 Å². The number of likely N-dealkylation sites (N-methyl/N-ethyl adjacent to an activating group) is 1. The molecule has 5 nitrogen and oxygen atoms in total. The Labute approximate surface area is 84.8 Å². The highest BCUT2D eigenvalue weighted by Crippen LogP contribution is 1.76. The molecule has 0 saturated heterocycles. The van der Waals surface area contributed by atoms with E-state index in [-0.39, 0.29) is 24.9 Å². The van der Waals surface area contributed by atoms with Crippen molar-refractivity contribution in [3.63, 3.8) is 0 Å². The predicted octanol–water partition coefficient (Wildman–Crippen LogP) is -0.810. The SMILES string of the molecule is CCCNCC(=O)NCC(=O)N(C)C. The lowest BCUT2D eigenvalue weighted by Crippen LogP contribution is -2.40. The first-order chi connectivity index (χ1) is 6.57. The van der Waals surface area contributed by atoms with Crippen LogP contribution >= 0.6 is 0 Å². The van der Waals surface area contributed by atoms with Crippen molar-refractivity contribution in [2.75, 3.05) is 33.7 Å². The Morgan fingerprint density at radius 2 is 1.86 bits per heavy atom. The lowest BCUT2D eigenvalue weighted by Gasteiger charge is -2.10. The molecule has 0 heterocycles. The van der Waals surface area contributed by atoms with Gasteiger partial charge in [0.1, 0.15) is 0 Å². The number of amides is 2. The van der Waals surface area contributed by atoms with Gasteiger partial charge in [-0.1, -0.05) is 6.92 Å². The fourth-order valence-corrected chi connectivity index (χ4v) is 0.774. The highest BCUT2D eigenvalue weighted by Gasteiger charge is 2.05. The van der Waals surface area contributed by atoms with Crippen LogP contribution in [0, 0.1) is 0 Å². The van der Waals surface area contributed by atoms with E-state index in [1.807, 2.05) is 6.92 Å². The van der Waals surface area contributed by atoms with E-state index < -0.39 is 0 Å². The largest absolute Gasteiger partial charge is 0.347 e. The summed E-state index contributed by atoms with van der Waals surface area (Å²) in [5, 5.41) is 5.48. The van der Waals surface area contributed by atoms with Gasteiger partial charge in [0, 0.05) is 14.1 Å². The molecule has 2 N–H and O–H groups in total. The molecule has 0 aliphatic carbocycles. The summed E-state index contributed by atoms with van der Waals surface area (Å²) in [7, 11) is 3.31. The highest BCUT2D eigenvalue weighted by molar-refractivity contribution is 5.85. The van der Waals surface area contributed by atoms with Gasteiger partial charge in [0.2, 0.25) is 11.8 Å². The van der Waals surface area contributed by atoms with Gasteiger partial charge in [-0.3, -0.25) is 9.59 Å². The third-order valence-electron chi connectivity index (χ3n) is 1.65. The molecule has 14 heavy (non-hydrogen) atoms. The minimum Gasteiger partial charge on any atom is -0.347 e. The first-order valence-corrected chi connectivity index (χ1v) is 4.75. The third kappa shape index (κ3) is 6.42. The Morgan fingerprint density at radius 3 is 2.36 bits per heavy atom. The zero-order valence-electron chi connectivity index (χ0n) is 9.09. The van der Waals surface area contributed by atoms with E-state index in [2.05, 4.69) is 10.6 Å². The van der Waals surface area contributed by atoms with Gasteiger partial charge in [-0.2, -0.15) is 0 Å². The molecule has 2 amide bonds. The fourth-order valence-electron chi connectivity index (χ4n) is 0.774. The lowest BCUT2D eigenvalue weighted by atomic mass is 10.4. The molecule has 0 aliphatic rings. The van der Waals surface area contributed by atoms with Gasteiger partial charge < -0.3 is 15.5 Å². The molecular weight excluding hydrogens is 182 g/mol. The molecular formula is C9H19N3O2. The molecule has 0 bridgehead atoms. The second-order valence-corrected chi connectivity index (χ2v) is 3.24. The Kier molecular flexibility index (Phi) is 6.74. The fraction of sp³-hybridized carbons (Fsp3) is 0.778. The van der Waals surface area contributed by atoms with Crippen LogP contribution in [0.15, 0.2) is 0 Å². The number of hydrogen-bond donors (Lipinski definition) is 2. The smallest absolute Gasteiger partial charge is 0.241 e. The van der Waals surface area contributed by atoms with E-state index in [0.717, 1.165) is 13.0 Å². The van der Waals surface area contributed by atoms with Crippen molar-refractivity contribution in [2.24, 2.45) is 0 Å². The van der Waals surface area contributed by atoms with Crippen molar-refractivity contribution in [3.8, 4) is 0 Å². The Bertz CT molecular complexity index is 192. The van der Waals surface area contributed by atoms with Crippen molar-refractivity contribution in [2.45, 2.75) is 13.3 Å². The van der Waals surface area contributed by atoms with Crippen molar-refractivity contribution in [1.29, 1.82) is 0 Å². The van der Waals surface area contributed by atoms with Crippen molar-refractivity contribution < 1.29 is 9.59 Å². The molecule has 0 radical (unpaired) electrons. The maximum absolute atomic E-state index is 11.1. The molecule has 0 spiro atoms. The monoisotopic (exact) mass is 201 g/mol. The molecule has 0 rings (SSSR count). The number of carbonyl (C=O) groups excluding carboxylic acids is 2. The van der Waals surface area contributed by atoms with Crippen LogP contribution in [0.2, 0.25) is 0 Å². The zero-order valence-corrected chi connectivity index (χ0v) is 9.09. The van der Waals surface area contributed by atoms with Gasteiger partial charge in [0.15, 0.2) is 0 Å². The minimum atomic E-state index is -0.145. The number of nitrogens with zero attached hydrogens (tertiary/aromatic N) is 1. The summed E-state index contributed by atoms with van der Waals surface area (Å²) < 4.78 is 0. The standard InChI is InChI=1S/C9H19N3O2/c1-4-5-10-6-8(13)11-7-9(14)12(2)3/h10H,4-7H2,1-3H3,(H,11,13). The Morgan fingerprint density at radius 1 is 1.21 bits per heavy atom. The van der Waals surface area contributed by atoms with E-state index in [0.29, 0.717) is 0 Å². The molecule has 0 aromatic carbocycles. The topological polar surface area (TPSA) is 61.4 Å². The van der Waals surface area contributed by atoms with E-state index in [1.165, 1.54) is 4.90 Å². The van der Waals surface area contributed by atoms with Crippen LogP contribution in [0.4, 0.5) is 0 Å². The number of nitrogens with one attached hydrogen (secondary N) is 2. The van der Waals surface area contributed by atoms with Crippen molar-refractivity contribution >= 4 is 11.8 Å². The first-order valence-electron chi connectivity index (χ1n) is 4.75. The maximum atomic E-state index is 11.1. The van der Waals surface area contributed by atoms with E-state index >= 15 is 0 Å². The van der Waals surface area contributed by atoms with E-state index in [1.54, 1.807) is 14.1 Å². The third-order valence-corrected chi connectivity index (χ3v) is 1.65. The van der Waals surface area contributed by atoms with Crippen molar-refractivity contribution in [1.82, 2.24) is 15.5 Å². The number of rotatable bonds is 6. The maximum Gasteiger partial charge on any atom is 0.241 e. The average Bonchev–Trinajstić information content (AvgIpc) is 2.14. The van der Waals surface area contributed by atoms with Gasteiger partial charge in [-0.15, -0.1) is 0 Å². The summed E-state index contributed by atoms with van der Waals surface area (Å²) in [4.78, 5) is 23.6. The summed E-state index contributed by atoms with van der Waals surface area (Å²) in [6.45, 7) is 3.18. The van der Waals surface area contributed by atoms with Crippen LogP contribution < -0.4 is 10.6 Å². The van der Waals surface area contributed by atoms with Gasteiger partial charge in [0.05, 0.1) is 13.1 Å². The normalized spacial score (nSPS) is 9.64. The summed E-state index contributed by atoms with van der Waals surface area (Å²) in [5.74, 6) is -0.248. The molecule has 0 unspecified atom stereocenters. The molecule has 0 fully saturated rings. The number of carbonyl (C=O) groups is 2. The van der Waals surface area contributed by atoms with Crippen LogP contribution in [0.5, 0.6) is 0 Å². The summed E-state index contributed by atoms with van der Waals surface area (Å²) in [6, 6.07) is 0. The Balaban J connectivity index is 3.49. The van der Waals surface area contributed by atoms with E-state index in [9.17, 15) is 9.59 Å². The van der Waals surface area contributed by atoms with Crippen LogP contribution in [0.25, 0.3) is 0 Å². The molecule has 0 aliphatic heterocycles. The van der Waals surface area contributed by atoms with Gasteiger partial charge >= 0.3 is 0 Å². The summed E-state index contributed by atoms with van der Waals surface area (Å²) in [5.41, 5.74) is 0. The molecule has 0 aromatic rings. The number of hydrogen-bond acceptors (Lipinski definition) is 3. The highest BCUT2D eigenvalue weighted by atomic mass is 16.2. The quantitative estimate of drug-likeness (QED) is 0.553. The summed E-state index contributed by atoms with van der Waals surface area (Å²) >= 11 is 0. The molecule has 0 saturated carbocycles. The second-order valence-electron chi connectivity index (χ2n) is 3.24. The molecule has 82 valence electrons. The van der Waals surface area contributed by atoms with Crippen LogP contribution in [0.3, 0.4) is 0 Å². The first kappa shape index (κ1) is 12.9. The Hall–Kier alpha value is -1.10. The zero-order chi connectivity index (χ0) is 11.0. The van der Waals surface area contributed by atoms with Gasteiger partial charge in [-0.05, 0) is 13.0 Å². The van der Waals surface area contributed by atoms with Gasteiger partial charge in [-0.25, -0.2) is 0 Å². The minimum absolute atomic E-state index is 0.0691. The predicted molar refractivity (Wildman–Crippen MR) is 54.9 cm³/mol.